The number of nitrogens with zero attached hydrogens (tertiary/aromatic N) is 1. The van der Waals surface area contributed by atoms with Crippen LogP contribution in [0, 0.1) is 6.92 Å². The fourth-order valence-corrected chi connectivity index (χ4v) is 4.99. The number of nitrogens with one attached hydrogen (secondary N) is 2. The average Bonchev–Trinajstić information content (AvgIpc) is 2.74. The molecule has 0 spiro atoms. The zero-order valence-corrected chi connectivity index (χ0v) is 18.7. The van der Waals surface area contributed by atoms with Crippen LogP contribution >= 0.6 is 0 Å². The van der Waals surface area contributed by atoms with Gasteiger partial charge in [0, 0.05) is 18.4 Å². The average molecular weight is 458 g/mol. The zero-order chi connectivity index (χ0) is 22.4. The third-order valence-corrected chi connectivity index (χ3v) is 7.33. The highest BCUT2D eigenvalue weighted by Crippen LogP contribution is 2.18. The molecule has 0 fully saturated rings. The van der Waals surface area contributed by atoms with Gasteiger partial charge in [-0.3, -0.25) is 9.52 Å². The molecule has 2 N–H and O–H groups in total. The van der Waals surface area contributed by atoms with Crippen molar-refractivity contribution in [1.29, 1.82) is 0 Å². The lowest BCUT2D eigenvalue weighted by Gasteiger charge is -2.17. The highest BCUT2D eigenvalue weighted by atomic mass is 32.2. The van der Waals surface area contributed by atoms with Crippen molar-refractivity contribution in [2.45, 2.75) is 16.7 Å². The third-order valence-electron chi connectivity index (χ3n) is 4.41. The minimum absolute atomic E-state index is 0.0760. The van der Waals surface area contributed by atoms with Crippen molar-refractivity contribution in [3.63, 3.8) is 0 Å². The van der Waals surface area contributed by atoms with Crippen LogP contribution in [0.25, 0.3) is 0 Å². The highest BCUT2D eigenvalue weighted by Gasteiger charge is 2.17. The summed E-state index contributed by atoms with van der Waals surface area (Å²) in [5, 5.41) is 2.69. The number of carbonyl (C=O) groups is 1. The second kappa shape index (κ2) is 9.86. The Morgan fingerprint density at radius 2 is 1.52 bits per heavy atom. The Morgan fingerprint density at radius 3 is 2.16 bits per heavy atom. The van der Waals surface area contributed by atoms with Crippen LogP contribution in [0.2, 0.25) is 0 Å². The lowest BCUT2D eigenvalue weighted by molar-refractivity contribution is -0.116. The molecule has 3 aromatic carbocycles. The molecular formula is C22H23N3O4S2. The topological polar surface area (TPSA) is 95.6 Å². The second-order valence-electron chi connectivity index (χ2n) is 6.84. The molecule has 0 radical (unpaired) electrons. The van der Waals surface area contributed by atoms with Gasteiger partial charge < -0.3 is 5.32 Å². The van der Waals surface area contributed by atoms with Crippen LogP contribution < -0.4 is 10.0 Å². The van der Waals surface area contributed by atoms with E-state index in [9.17, 15) is 17.4 Å². The molecule has 1 amide bonds. The predicted octanol–water partition coefficient (Wildman–Crippen LogP) is 3.39. The summed E-state index contributed by atoms with van der Waals surface area (Å²) in [6, 6.07) is 21.7. The van der Waals surface area contributed by atoms with E-state index in [1.807, 2.05) is 19.1 Å². The SMILES string of the molecule is Cc1ccccc1S(=O)N(C)CC(=O)Nc1ccc(S(=O)(=O)Nc2ccccc2)cc1. The smallest absolute Gasteiger partial charge is 0.261 e. The van der Waals surface area contributed by atoms with E-state index in [0.717, 1.165) is 5.56 Å². The third kappa shape index (κ3) is 6.00. The van der Waals surface area contributed by atoms with Gasteiger partial charge in [-0.2, -0.15) is 0 Å². The first-order valence-electron chi connectivity index (χ1n) is 9.43. The summed E-state index contributed by atoms with van der Waals surface area (Å²) in [6.45, 7) is 1.78. The number of aryl methyl sites for hydroxylation is 1. The summed E-state index contributed by atoms with van der Waals surface area (Å²) in [6.07, 6.45) is 0. The molecule has 3 rings (SSSR count). The first-order chi connectivity index (χ1) is 14.8. The lowest BCUT2D eigenvalue weighted by Crippen LogP contribution is -2.31. The van der Waals surface area contributed by atoms with Gasteiger partial charge in [0.05, 0.1) is 16.3 Å². The van der Waals surface area contributed by atoms with Gasteiger partial charge in [0.15, 0.2) is 0 Å². The number of benzene rings is 3. The summed E-state index contributed by atoms with van der Waals surface area (Å²) in [7, 11) is -3.60. The lowest BCUT2D eigenvalue weighted by atomic mass is 10.2. The van der Waals surface area contributed by atoms with Crippen molar-refractivity contribution in [1.82, 2.24) is 4.31 Å². The fourth-order valence-electron chi connectivity index (χ4n) is 2.82. The maximum absolute atomic E-state index is 12.6. The molecule has 0 heterocycles. The Bertz CT molecular complexity index is 1180. The van der Waals surface area contributed by atoms with Crippen molar-refractivity contribution in [3.05, 3.63) is 84.4 Å². The number of amides is 1. The van der Waals surface area contributed by atoms with Gasteiger partial charge >= 0.3 is 0 Å². The number of hydrogen-bond donors (Lipinski definition) is 2. The van der Waals surface area contributed by atoms with E-state index < -0.39 is 21.0 Å². The maximum atomic E-state index is 12.6. The molecule has 3 aromatic rings. The molecule has 0 saturated carbocycles. The largest absolute Gasteiger partial charge is 0.325 e. The van der Waals surface area contributed by atoms with E-state index in [1.165, 1.54) is 28.6 Å². The predicted molar refractivity (Wildman–Crippen MR) is 123 cm³/mol. The Balaban J connectivity index is 1.61. The van der Waals surface area contributed by atoms with Crippen LogP contribution in [0.4, 0.5) is 11.4 Å². The van der Waals surface area contributed by atoms with Crippen molar-refractivity contribution < 1.29 is 17.4 Å². The van der Waals surface area contributed by atoms with Crippen molar-refractivity contribution >= 4 is 38.3 Å². The highest BCUT2D eigenvalue weighted by molar-refractivity contribution is 7.92. The Hall–Kier alpha value is -3.01. The number of para-hydroxylation sites is 1. The van der Waals surface area contributed by atoms with Gasteiger partial charge in [0.1, 0.15) is 11.0 Å². The van der Waals surface area contributed by atoms with Crippen LogP contribution in [0.5, 0.6) is 0 Å². The van der Waals surface area contributed by atoms with E-state index >= 15 is 0 Å². The standard InChI is InChI=1S/C22H23N3O4S2/c1-17-8-6-7-11-21(17)30(27)25(2)16-22(26)23-18-12-14-20(15-13-18)31(28,29)24-19-9-4-3-5-10-19/h3-15,24H,16H2,1-2H3,(H,23,26). The van der Waals surface area contributed by atoms with Gasteiger partial charge in [0.25, 0.3) is 10.0 Å². The molecule has 0 aliphatic rings. The summed E-state index contributed by atoms with van der Waals surface area (Å²) >= 11 is 0. The molecule has 0 aromatic heterocycles. The monoisotopic (exact) mass is 457 g/mol. The quantitative estimate of drug-likeness (QED) is 0.542. The van der Waals surface area contributed by atoms with Crippen LogP contribution in [-0.4, -0.2) is 36.4 Å². The van der Waals surface area contributed by atoms with Crippen LogP contribution in [0.3, 0.4) is 0 Å². The molecule has 0 aliphatic carbocycles. The second-order valence-corrected chi connectivity index (χ2v) is 10.1. The van der Waals surface area contributed by atoms with Crippen molar-refractivity contribution in [2.24, 2.45) is 0 Å². The van der Waals surface area contributed by atoms with Gasteiger partial charge in [-0.25, -0.2) is 16.9 Å². The molecule has 1 atom stereocenters. The van der Waals surface area contributed by atoms with E-state index in [1.54, 1.807) is 49.5 Å². The number of carbonyl (C=O) groups excluding carboxylic acids is 1. The van der Waals surface area contributed by atoms with Gasteiger partial charge in [-0.15, -0.1) is 0 Å². The Labute approximate surface area is 184 Å². The number of likely N-dealkylation sites (N-methyl/N-ethyl adjacent to an activating group) is 1. The van der Waals surface area contributed by atoms with Crippen molar-refractivity contribution in [3.8, 4) is 0 Å². The molecule has 0 saturated heterocycles. The first kappa shape index (κ1) is 22.7. The van der Waals surface area contributed by atoms with E-state index in [-0.39, 0.29) is 17.3 Å². The molecule has 9 heteroatoms. The molecular weight excluding hydrogens is 434 g/mol. The zero-order valence-electron chi connectivity index (χ0n) is 17.1. The van der Waals surface area contributed by atoms with E-state index in [4.69, 9.17) is 0 Å². The van der Waals surface area contributed by atoms with Gasteiger partial charge in [-0.1, -0.05) is 36.4 Å². The number of anilines is 2. The van der Waals surface area contributed by atoms with Crippen LogP contribution in [0.1, 0.15) is 5.56 Å². The van der Waals surface area contributed by atoms with Gasteiger partial charge in [0.2, 0.25) is 5.91 Å². The number of sulfonamides is 1. The summed E-state index contributed by atoms with van der Waals surface area (Å²) < 4.78 is 41.5. The summed E-state index contributed by atoms with van der Waals surface area (Å²) in [4.78, 5) is 13.1. The minimum Gasteiger partial charge on any atom is -0.325 e. The van der Waals surface area contributed by atoms with Crippen LogP contribution in [0.15, 0.2) is 88.7 Å². The van der Waals surface area contributed by atoms with Crippen LogP contribution in [-0.2, 0) is 25.8 Å². The molecule has 162 valence electrons. The van der Waals surface area contributed by atoms with Gasteiger partial charge in [-0.05, 0) is 55.0 Å². The van der Waals surface area contributed by atoms with E-state index in [2.05, 4.69) is 10.0 Å². The Kier molecular flexibility index (Phi) is 7.21. The normalized spacial score (nSPS) is 12.4. The first-order valence-corrected chi connectivity index (χ1v) is 12.0. The number of hydrogen-bond acceptors (Lipinski definition) is 4. The number of rotatable bonds is 8. The maximum Gasteiger partial charge on any atom is 0.261 e. The molecule has 7 nitrogen and oxygen atoms in total. The van der Waals surface area contributed by atoms with Crippen molar-refractivity contribution in [2.75, 3.05) is 23.6 Å². The summed E-state index contributed by atoms with van der Waals surface area (Å²) in [5.41, 5.74) is 1.79. The van der Waals surface area contributed by atoms with E-state index in [0.29, 0.717) is 16.3 Å². The molecule has 0 aliphatic heterocycles. The Morgan fingerprint density at radius 1 is 0.903 bits per heavy atom. The fraction of sp³-hybridized carbons (Fsp3) is 0.136. The molecule has 1 unspecified atom stereocenters. The molecule has 31 heavy (non-hydrogen) atoms. The minimum atomic E-state index is -3.73. The molecule has 0 bridgehead atoms. The summed E-state index contributed by atoms with van der Waals surface area (Å²) in [5.74, 6) is -0.359.